The molecule has 2 bridgehead atoms. The van der Waals surface area contributed by atoms with E-state index in [0.29, 0.717) is 41.7 Å². The number of aromatic nitrogens is 4. The second-order valence-electron chi connectivity index (χ2n) is 7.25. The van der Waals surface area contributed by atoms with Crippen molar-refractivity contribution in [3.8, 4) is 11.4 Å². The first kappa shape index (κ1) is 17.0. The largest absolute Gasteiger partial charge is 0.494 e. The molecule has 8 heteroatoms. The maximum absolute atomic E-state index is 12.5. The second kappa shape index (κ2) is 7.03. The zero-order chi connectivity index (χ0) is 18.1. The Labute approximate surface area is 152 Å². The molecule has 3 heterocycles. The monoisotopic (exact) mass is 356 g/mol. The van der Waals surface area contributed by atoms with Gasteiger partial charge in [0.2, 0.25) is 5.91 Å². The fraction of sp³-hybridized carbons (Fsp3) is 0.556. The highest BCUT2D eigenvalue weighted by Crippen LogP contribution is 2.33. The summed E-state index contributed by atoms with van der Waals surface area (Å²) < 4.78 is 7.00. The summed E-state index contributed by atoms with van der Waals surface area (Å²) in [5.74, 6) is 1.82. The number of anilines is 1. The number of aryl methyl sites for hydroxylation is 1. The lowest BCUT2D eigenvalue weighted by Gasteiger charge is -2.28. The van der Waals surface area contributed by atoms with Crippen LogP contribution in [0.15, 0.2) is 18.2 Å². The molecule has 0 saturated carbocycles. The number of rotatable bonds is 5. The summed E-state index contributed by atoms with van der Waals surface area (Å²) in [4.78, 5) is 12.5. The Kier molecular flexibility index (Phi) is 4.58. The van der Waals surface area contributed by atoms with Gasteiger partial charge >= 0.3 is 0 Å². The lowest BCUT2D eigenvalue weighted by Crippen LogP contribution is -2.39. The first-order valence-corrected chi connectivity index (χ1v) is 9.11. The molecule has 2 aromatic rings. The molecule has 0 radical (unpaired) electrons. The Morgan fingerprint density at radius 2 is 2.12 bits per heavy atom. The predicted octanol–water partition coefficient (Wildman–Crippen LogP) is 1.84. The number of methoxy groups -OCH3 is 1. The van der Waals surface area contributed by atoms with E-state index < -0.39 is 0 Å². The van der Waals surface area contributed by atoms with E-state index in [-0.39, 0.29) is 5.91 Å². The number of tetrazole rings is 1. The van der Waals surface area contributed by atoms with Crippen molar-refractivity contribution >= 4 is 11.6 Å². The van der Waals surface area contributed by atoms with Gasteiger partial charge in [0, 0.05) is 24.2 Å². The van der Waals surface area contributed by atoms with Gasteiger partial charge in [0.05, 0.1) is 7.11 Å². The molecule has 1 aromatic heterocycles. The zero-order valence-electron chi connectivity index (χ0n) is 15.1. The molecule has 4 rings (SSSR count). The van der Waals surface area contributed by atoms with E-state index in [0.717, 1.165) is 18.5 Å². The fourth-order valence-corrected chi connectivity index (χ4v) is 4.20. The smallest absolute Gasteiger partial charge is 0.224 e. The van der Waals surface area contributed by atoms with Crippen molar-refractivity contribution in [2.24, 2.45) is 5.92 Å². The standard InChI is InChI=1S/C18H24N6O2/c1-11-21-22-23-24(11)16-10-15(5-6-17(16)26-2)20-18(25)9-12-7-13-3-4-14(8-12)19-13/h5-6,10,12-14,19H,3-4,7-9H2,1-2H3,(H,20,25). The summed E-state index contributed by atoms with van der Waals surface area (Å²) >= 11 is 0. The normalized spacial score (nSPS) is 24.5. The van der Waals surface area contributed by atoms with Gasteiger partial charge in [0.15, 0.2) is 5.82 Å². The van der Waals surface area contributed by atoms with Gasteiger partial charge in [-0.2, -0.15) is 4.68 Å². The summed E-state index contributed by atoms with van der Waals surface area (Å²) in [6, 6.07) is 6.69. The summed E-state index contributed by atoms with van der Waals surface area (Å²) in [5, 5.41) is 18.2. The van der Waals surface area contributed by atoms with Crippen molar-refractivity contribution in [2.75, 3.05) is 12.4 Å². The molecule has 26 heavy (non-hydrogen) atoms. The van der Waals surface area contributed by atoms with E-state index in [9.17, 15) is 4.79 Å². The zero-order valence-corrected chi connectivity index (χ0v) is 15.1. The van der Waals surface area contributed by atoms with Gasteiger partial charge in [-0.3, -0.25) is 4.79 Å². The van der Waals surface area contributed by atoms with Crippen molar-refractivity contribution in [3.63, 3.8) is 0 Å². The first-order chi connectivity index (χ1) is 12.6. The van der Waals surface area contributed by atoms with Crippen LogP contribution in [-0.2, 0) is 4.79 Å². The lowest BCUT2D eigenvalue weighted by molar-refractivity contribution is -0.117. The van der Waals surface area contributed by atoms with E-state index in [2.05, 4.69) is 26.2 Å². The van der Waals surface area contributed by atoms with Crippen LogP contribution in [0.3, 0.4) is 0 Å². The molecule has 2 atom stereocenters. The molecule has 0 spiro atoms. The highest BCUT2D eigenvalue weighted by molar-refractivity contribution is 5.91. The number of benzene rings is 1. The molecule has 2 saturated heterocycles. The van der Waals surface area contributed by atoms with E-state index in [1.807, 2.05) is 25.1 Å². The van der Waals surface area contributed by atoms with Crippen molar-refractivity contribution < 1.29 is 9.53 Å². The van der Waals surface area contributed by atoms with Crippen molar-refractivity contribution in [2.45, 2.75) is 51.1 Å². The number of nitrogens with zero attached hydrogens (tertiary/aromatic N) is 4. The SMILES string of the molecule is COc1ccc(NC(=O)CC2CC3CCC(C2)N3)cc1-n1nnnc1C. The third kappa shape index (κ3) is 3.41. The van der Waals surface area contributed by atoms with E-state index in [1.165, 1.54) is 12.8 Å². The van der Waals surface area contributed by atoms with Gasteiger partial charge in [-0.05, 0) is 67.2 Å². The number of carbonyl (C=O) groups is 1. The fourth-order valence-electron chi connectivity index (χ4n) is 4.20. The maximum atomic E-state index is 12.5. The van der Waals surface area contributed by atoms with E-state index in [4.69, 9.17) is 4.74 Å². The lowest BCUT2D eigenvalue weighted by atomic mass is 9.89. The maximum Gasteiger partial charge on any atom is 0.224 e. The van der Waals surface area contributed by atoms with E-state index in [1.54, 1.807) is 11.8 Å². The quantitative estimate of drug-likeness (QED) is 0.849. The van der Waals surface area contributed by atoms with Crippen molar-refractivity contribution in [3.05, 3.63) is 24.0 Å². The summed E-state index contributed by atoms with van der Waals surface area (Å²) in [6.07, 6.45) is 5.26. The average molecular weight is 356 g/mol. The van der Waals surface area contributed by atoms with Crippen LogP contribution in [0.5, 0.6) is 5.75 Å². The minimum atomic E-state index is 0.0563. The molecule has 2 aliphatic rings. The number of hydrogen-bond donors (Lipinski definition) is 2. The summed E-state index contributed by atoms with van der Waals surface area (Å²) in [5.41, 5.74) is 1.42. The molecule has 8 nitrogen and oxygen atoms in total. The Morgan fingerprint density at radius 1 is 1.35 bits per heavy atom. The molecule has 1 amide bonds. The topological polar surface area (TPSA) is 94.0 Å². The van der Waals surface area contributed by atoms with E-state index >= 15 is 0 Å². The van der Waals surface area contributed by atoms with Crippen molar-refractivity contribution in [1.29, 1.82) is 0 Å². The third-order valence-electron chi connectivity index (χ3n) is 5.36. The van der Waals surface area contributed by atoms with Crippen LogP contribution < -0.4 is 15.4 Å². The van der Waals surface area contributed by atoms with Gasteiger partial charge < -0.3 is 15.4 Å². The minimum Gasteiger partial charge on any atom is -0.494 e. The molecular formula is C18H24N6O2. The molecular weight excluding hydrogens is 332 g/mol. The second-order valence-corrected chi connectivity index (χ2v) is 7.25. The van der Waals surface area contributed by atoms with Gasteiger partial charge in [-0.25, -0.2) is 0 Å². The summed E-state index contributed by atoms with van der Waals surface area (Å²) in [7, 11) is 1.60. The summed E-state index contributed by atoms with van der Waals surface area (Å²) in [6.45, 7) is 1.82. The van der Waals surface area contributed by atoms with Crippen LogP contribution in [0.4, 0.5) is 5.69 Å². The van der Waals surface area contributed by atoms with Crippen molar-refractivity contribution in [1.82, 2.24) is 25.5 Å². The van der Waals surface area contributed by atoms with Gasteiger partial charge in [0.25, 0.3) is 0 Å². The van der Waals surface area contributed by atoms with Gasteiger partial charge in [0.1, 0.15) is 11.4 Å². The molecule has 0 aliphatic carbocycles. The number of amides is 1. The number of hydrogen-bond acceptors (Lipinski definition) is 6. The number of fused-ring (bicyclic) bond motifs is 2. The number of ether oxygens (including phenoxy) is 1. The Balaban J connectivity index is 1.46. The molecule has 2 aliphatic heterocycles. The Morgan fingerprint density at radius 3 is 2.77 bits per heavy atom. The van der Waals surface area contributed by atoms with Crippen LogP contribution in [0.1, 0.15) is 37.9 Å². The highest BCUT2D eigenvalue weighted by Gasteiger charge is 2.34. The predicted molar refractivity (Wildman–Crippen MR) is 96.4 cm³/mol. The molecule has 2 N–H and O–H groups in total. The molecule has 1 aromatic carbocycles. The van der Waals surface area contributed by atoms with Gasteiger partial charge in [-0.1, -0.05) is 0 Å². The Bertz CT molecular complexity index is 793. The first-order valence-electron chi connectivity index (χ1n) is 9.11. The third-order valence-corrected chi connectivity index (χ3v) is 5.36. The molecule has 2 unspecified atom stereocenters. The average Bonchev–Trinajstić information content (AvgIpc) is 3.19. The van der Waals surface area contributed by atoms with Gasteiger partial charge in [-0.15, -0.1) is 5.10 Å². The van der Waals surface area contributed by atoms with Crippen LogP contribution in [-0.4, -0.2) is 45.3 Å². The highest BCUT2D eigenvalue weighted by atomic mass is 16.5. The molecule has 138 valence electrons. The van der Waals surface area contributed by atoms with Crippen LogP contribution in [0.25, 0.3) is 5.69 Å². The van der Waals surface area contributed by atoms with Crippen LogP contribution in [0, 0.1) is 12.8 Å². The minimum absolute atomic E-state index is 0.0563. The number of piperidine rings is 1. The van der Waals surface area contributed by atoms with Crippen LogP contribution in [0.2, 0.25) is 0 Å². The molecule has 2 fully saturated rings. The number of nitrogens with one attached hydrogen (secondary N) is 2. The van der Waals surface area contributed by atoms with Crippen LogP contribution >= 0.6 is 0 Å². The number of carbonyl (C=O) groups excluding carboxylic acids is 1. The Hall–Kier alpha value is -2.48.